The quantitative estimate of drug-likeness (QED) is 0.485. The predicted octanol–water partition coefficient (Wildman–Crippen LogP) is -1.73. The normalized spacial score (nSPS) is 9.13. The molecule has 78 valence electrons. The zero-order valence-corrected chi connectivity index (χ0v) is 10.6. The molecule has 4 heteroatoms. The van der Waals surface area contributed by atoms with Crippen LogP contribution in [0.1, 0.15) is 0 Å². The van der Waals surface area contributed by atoms with Crippen LogP contribution in [0.4, 0.5) is 5.69 Å². The Balaban J connectivity index is 0.00000112. The molecule has 0 aliphatic carbocycles. The van der Waals surface area contributed by atoms with Crippen molar-refractivity contribution in [3.8, 4) is 0 Å². The summed E-state index contributed by atoms with van der Waals surface area (Å²) in [6, 6.07) is 12.1. The molecule has 0 amide bonds. The second-order valence-corrected chi connectivity index (χ2v) is 2.99. The zero-order valence-electron chi connectivity index (χ0n) is 8.42. The molecule has 2 aromatic rings. The van der Waals surface area contributed by atoms with Crippen LogP contribution in [0.15, 0.2) is 55.1 Å². The van der Waals surface area contributed by atoms with Crippen molar-refractivity contribution in [1.29, 1.82) is 0 Å². The average molecular weight is 313 g/mol. The SMILES string of the molecule is CN(c1ccccc1)[n+]1cccnc1.[I-]. The van der Waals surface area contributed by atoms with Crippen molar-refractivity contribution in [2.24, 2.45) is 0 Å². The highest BCUT2D eigenvalue weighted by Crippen LogP contribution is 2.07. The molecule has 0 unspecified atom stereocenters. The topological polar surface area (TPSA) is 20.0 Å². The number of hydrogen-bond acceptors (Lipinski definition) is 2. The van der Waals surface area contributed by atoms with Gasteiger partial charge in [-0.15, -0.1) is 4.68 Å². The Hall–Kier alpha value is -1.17. The van der Waals surface area contributed by atoms with Crippen LogP contribution in [0.2, 0.25) is 0 Å². The summed E-state index contributed by atoms with van der Waals surface area (Å²) in [5, 5.41) is 2.02. The van der Waals surface area contributed by atoms with Crippen LogP contribution in [0.25, 0.3) is 0 Å². The van der Waals surface area contributed by atoms with E-state index < -0.39 is 0 Å². The Morgan fingerprint density at radius 1 is 1.13 bits per heavy atom. The molecule has 1 aromatic carbocycles. The maximum absolute atomic E-state index is 4.05. The molecule has 0 fully saturated rings. The molecular weight excluding hydrogens is 301 g/mol. The van der Waals surface area contributed by atoms with Gasteiger partial charge in [-0.3, -0.25) is 0 Å². The molecule has 0 aliphatic rings. The highest BCUT2D eigenvalue weighted by Gasteiger charge is 2.04. The molecule has 0 spiro atoms. The molecule has 0 N–H and O–H groups in total. The van der Waals surface area contributed by atoms with Gasteiger partial charge in [0.05, 0.1) is 5.69 Å². The predicted molar refractivity (Wildman–Crippen MR) is 54.7 cm³/mol. The Labute approximate surface area is 106 Å². The zero-order chi connectivity index (χ0) is 9.80. The van der Waals surface area contributed by atoms with Crippen LogP contribution in [0.5, 0.6) is 0 Å². The third kappa shape index (κ3) is 2.89. The molecule has 2 rings (SSSR count). The van der Waals surface area contributed by atoms with Crippen LogP contribution in [0, 0.1) is 0 Å². The molecule has 0 bridgehead atoms. The van der Waals surface area contributed by atoms with Crippen molar-refractivity contribution in [2.75, 3.05) is 12.1 Å². The summed E-state index contributed by atoms with van der Waals surface area (Å²) >= 11 is 0. The Bertz CT molecular complexity index is 352. The fourth-order valence-corrected chi connectivity index (χ4v) is 1.28. The van der Waals surface area contributed by atoms with Crippen molar-refractivity contribution in [2.45, 2.75) is 0 Å². The molecule has 0 aliphatic heterocycles. The minimum absolute atomic E-state index is 0. The maximum atomic E-state index is 4.05. The van der Waals surface area contributed by atoms with Gasteiger partial charge >= 0.3 is 6.33 Å². The Morgan fingerprint density at radius 2 is 1.87 bits per heavy atom. The van der Waals surface area contributed by atoms with Crippen LogP contribution >= 0.6 is 0 Å². The number of para-hydroxylation sites is 1. The van der Waals surface area contributed by atoms with Crippen LogP contribution < -0.4 is 33.7 Å². The lowest BCUT2D eigenvalue weighted by Crippen LogP contribution is -3.00. The van der Waals surface area contributed by atoms with Gasteiger partial charge < -0.3 is 24.0 Å². The van der Waals surface area contributed by atoms with E-state index >= 15 is 0 Å². The minimum atomic E-state index is 0. The number of hydrogen-bond donors (Lipinski definition) is 0. The van der Waals surface area contributed by atoms with Crippen molar-refractivity contribution in [3.63, 3.8) is 0 Å². The van der Waals surface area contributed by atoms with E-state index in [-0.39, 0.29) is 24.0 Å². The summed E-state index contributed by atoms with van der Waals surface area (Å²) in [7, 11) is 2.00. The third-order valence-corrected chi connectivity index (χ3v) is 2.07. The fraction of sp³-hybridized carbons (Fsp3) is 0.0909. The van der Waals surface area contributed by atoms with E-state index in [9.17, 15) is 0 Å². The van der Waals surface area contributed by atoms with E-state index in [0.29, 0.717) is 0 Å². The molecule has 1 heterocycles. The first-order valence-corrected chi connectivity index (χ1v) is 4.48. The molecule has 15 heavy (non-hydrogen) atoms. The van der Waals surface area contributed by atoms with Gasteiger partial charge in [-0.2, -0.15) is 0 Å². The molecule has 3 nitrogen and oxygen atoms in total. The first-order valence-electron chi connectivity index (χ1n) is 4.48. The second-order valence-electron chi connectivity index (χ2n) is 2.99. The van der Waals surface area contributed by atoms with Gasteiger partial charge in [0.2, 0.25) is 0 Å². The summed E-state index contributed by atoms with van der Waals surface area (Å²) in [6.07, 6.45) is 5.49. The van der Waals surface area contributed by atoms with Gasteiger partial charge in [0.1, 0.15) is 12.4 Å². The van der Waals surface area contributed by atoms with Gasteiger partial charge in [-0.25, -0.2) is 5.01 Å². The summed E-state index contributed by atoms with van der Waals surface area (Å²) in [5.74, 6) is 0. The van der Waals surface area contributed by atoms with E-state index in [2.05, 4.69) is 17.1 Å². The van der Waals surface area contributed by atoms with E-state index in [1.165, 1.54) is 0 Å². The van der Waals surface area contributed by atoms with E-state index in [1.807, 2.05) is 47.2 Å². The van der Waals surface area contributed by atoms with Crippen molar-refractivity contribution in [3.05, 3.63) is 55.1 Å². The van der Waals surface area contributed by atoms with E-state index in [0.717, 1.165) is 5.69 Å². The first kappa shape index (κ1) is 11.9. The Kier molecular flexibility index (Phi) is 4.48. The average Bonchev–Trinajstić information content (AvgIpc) is 2.30. The van der Waals surface area contributed by atoms with E-state index in [4.69, 9.17) is 0 Å². The fourth-order valence-electron chi connectivity index (χ4n) is 1.28. The van der Waals surface area contributed by atoms with Crippen LogP contribution in [0.3, 0.4) is 0 Å². The van der Waals surface area contributed by atoms with Gasteiger partial charge in [0, 0.05) is 13.1 Å². The maximum Gasteiger partial charge on any atom is 0.309 e. The van der Waals surface area contributed by atoms with Gasteiger partial charge in [-0.1, -0.05) is 23.2 Å². The summed E-state index contributed by atoms with van der Waals surface area (Å²) in [6.45, 7) is 0. The molecule has 0 saturated heterocycles. The van der Waals surface area contributed by atoms with Gasteiger partial charge in [-0.05, 0) is 12.1 Å². The first-order chi connectivity index (χ1) is 6.88. The number of benzene rings is 1. The summed E-state index contributed by atoms with van der Waals surface area (Å²) in [4.78, 5) is 4.05. The standard InChI is InChI=1S/C11H12N3.HI/c1-13(11-6-3-2-4-7-11)14-9-5-8-12-10-14;/h2-10H,1H3;1H/q+1;/p-1. The smallest absolute Gasteiger partial charge is 0.309 e. The molecule has 1 aromatic heterocycles. The van der Waals surface area contributed by atoms with Crippen molar-refractivity contribution < 1.29 is 28.7 Å². The molecule has 0 radical (unpaired) electrons. The lowest BCUT2D eigenvalue weighted by atomic mass is 10.3. The van der Waals surface area contributed by atoms with Gasteiger partial charge in [0.15, 0.2) is 0 Å². The lowest BCUT2D eigenvalue weighted by Gasteiger charge is -2.14. The van der Waals surface area contributed by atoms with Crippen LogP contribution in [-0.4, -0.2) is 12.0 Å². The van der Waals surface area contributed by atoms with Crippen molar-refractivity contribution in [1.82, 2.24) is 4.98 Å². The number of nitrogens with zero attached hydrogens (tertiary/aromatic N) is 3. The Morgan fingerprint density at radius 3 is 2.47 bits per heavy atom. The second kappa shape index (κ2) is 5.65. The number of halogens is 1. The largest absolute Gasteiger partial charge is 1.00 e. The number of rotatable bonds is 2. The number of aromatic nitrogens is 2. The number of anilines is 1. The van der Waals surface area contributed by atoms with Crippen LogP contribution in [-0.2, 0) is 0 Å². The highest BCUT2D eigenvalue weighted by molar-refractivity contribution is 5.41. The van der Waals surface area contributed by atoms with Crippen molar-refractivity contribution >= 4 is 5.69 Å². The monoisotopic (exact) mass is 313 g/mol. The minimum Gasteiger partial charge on any atom is -1.00 e. The summed E-state index contributed by atoms with van der Waals surface area (Å²) < 4.78 is 1.93. The van der Waals surface area contributed by atoms with Gasteiger partial charge in [0.25, 0.3) is 0 Å². The third-order valence-electron chi connectivity index (χ3n) is 2.07. The lowest BCUT2D eigenvalue weighted by molar-refractivity contribution is -0.684. The molecule has 0 atom stereocenters. The molecule has 0 saturated carbocycles. The summed E-state index contributed by atoms with van der Waals surface area (Å²) in [5.41, 5.74) is 1.13. The van der Waals surface area contributed by atoms with E-state index in [1.54, 1.807) is 12.5 Å². The molecular formula is C11H12IN3. The highest BCUT2D eigenvalue weighted by atomic mass is 127.